The summed E-state index contributed by atoms with van der Waals surface area (Å²) in [5.41, 5.74) is 0.703. The molecule has 0 aromatic heterocycles. The van der Waals surface area contributed by atoms with Crippen LogP contribution in [0.1, 0.15) is 5.56 Å². The molecule has 0 atom stereocenters. The van der Waals surface area contributed by atoms with Gasteiger partial charge >= 0.3 is 5.97 Å². The molecule has 0 saturated heterocycles. The predicted molar refractivity (Wildman–Crippen MR) is 54.3 cm³/mol. The summed E-state index contributed by atoms with van der Waals surface area (Å²) in [7, 11) is 0. The van der Waals surface area contributed by atoms with Crippen LogP contribution in [0.2, 0.25) is 0 Å². The van der Waals surface area contributed by atoms with Crippen molar-refractivity contribution in [3.05, 3.63) is 35.9 Å². The summed E-state index contributed by atoms with van der Waals surface area (Å²) in [6, 6.07) is 8.89. The van der Waals surface area contributed by atoms with Gasteiger partial charge in [0.15, 0.2) is 0 Å². The molecule has 5 heteroatoms. The Morgan fingerprint density at radius 2 is 2.00 bits per heavy atom. The molecule has 0 amide bonds. The highest BCUT2D eigenvalue weighted by molar-refractivity contribution is 7.66. The van der Waals surface area contributed by atoms with Gasteiger partial charge in [-0.25, -0.2) is 4.21 Å². The normalized spacial score (nSPS) is 9.43. The van der Waals surface area contributed by atoms with Crippen LogP contribution < -0.4 is 5.32 Å². The summed E-state index contributed by atoms with van der Waals surface area (Å²) < 4.78 is 10.7. The highest BCUT2D eigenvalue weighted by atomic mass is 32.1. The number of carboxylic acid groups (broad SMARTS) is 1. The van der Waals surface area contributed by atoms with Crippen molar-refractivity contribution < 1.29 is 14.1 Å². The molecule has 0 aliphatic heterocycles. The molecule has 1 aromatic rings. The van der Waals surface area contributed by atoms with E-state index in [0.29, 0.717) is 10.6 Å². The second-order valence-corrected chi connectivity index (χ2v) is 3.10. The number of carbonyl (C=O) groups is 1. The second kappa shape index (κ2) is 5.31. The quantitative estimate of drug-likeness (QED) is 0.693. The van der Waals surface area contributed by atoms with Crippen LogP contribution in [0.25, 0.3) is 0 Å². The molecule has 4 nitrogen and oxygen atoms in total. The number of benzene rings is 1. The average molecular weight is 211 g/mol. The van der Waals surface area contributed by atoms with E-state index in [1.54, 1.807) is 24.3 Å². The first-order valence-electron chi connectivity index (χ1n) is 3.92. The van der Waals surface area contributed by atoms with Crippen molar-refractivity contribution in [2.45, 2.75) is 0 Å². The first-order valence-corrected chi connectivity index (χ1v) is 4.66. The van der Waals surface area contributed by atoms with Crippen LogP contribution in [0, 0.1) is 0 Å². The van der Waals surface area contributed by atoms with Gasteiger partial charge in [-0.2, -0.15) is 0 Å². The first kappa shape index (κ1) is 10.6. The SMILES string of the molecule is O=S=C(NCC(=O)O)c1ccccc1. The van der Waals surface area contributed by atoms with Crippen molar-refractivity contribution in [3.8, 4) is 0 Å². The third-order valence-electron chi connectivity index (χ3n) is 1.52. The number of carboxylic acids is 1. The van der Waals surface area contributed by atoms with Crippen LogP contribution in [0.5, 0.6) is 0 Å². The summed E-state index contributed by atoms with van der Waals surface area (Å²) in [5.74, 6) is -0.993. The van der Waals surface area contributed by atoms with Gasteiger partial charge < -0.3 is 5.11 Å². The van der Waals surface area contributed by atoms with Crippen LogP contribution in [-0.2, 0) is 16.1 Å². The Bertz CT molecular complexity index is 371. The third kappa shape index (κ3) is 3.12. The van der Waals surface area contributed by atoms with Gasteiger partial charge in [0.1, 0.15) is 16.2 Å². The van der Waals surface area contributed by atoms with E-state index < -0.39 is 5.97 Å². The van der Waals surface area contributed by atoms with Crippen molar-refractivity contribution in [1.29, 1.82) is 0 Å². The van der Waals surface area contributed by atoms with E-state index in [1.807, 2.05) is 6.07 Å². The Morgan fingerprint density at radius 1 is 1.36 bits per heavy atom. The number of rotatable bonds is 3. The standard InChI is InChI=1S/C9H9NO3S/c11-8(12)6-10-9(14-13)7-4-2-1-3-5-7/h1-5,10H,6H2,(H,11,12). The van der Waals surface area contributed by atoms with E-state index in [1.165, 1.54) is 0 Å². The largest absolute Gasteiger partial charge is 0.480 e. The molecule has 2 N–H and O–H groups in total. The molecule has 74 valence electrons. The Labute approximate surface area is 84.6 Å². The molecule has 0 aliphatic carbocycles. The molecule has 0 spiro atoms. The highest BCUT2D eigenvalue weighted by Crippen LogP contribution is 1.97. The summed E-state index contributed by atoms with van der Waals surface area (Å²) in [6.07, 6.45) is 0. The van der Waals surface area contributed by atoms with Crippen molar-refractivity contribution in [2.24, 2.45) is 0 Å². The smallest absolute Gasteiger partial charge is 0.317 e. The number of aliphatic carboxylic acids is 1. The topological polar surface area (TPSA) is 66.4 Å². The van der Waals surface area contributed by atoms with Crippen LogP contribution in [0.4, 0.5) is 0 Å². The van der Waals surface area contributed by atoms with Crippen LogP contribution in [0.15, 0.2) is 30.3 Å². The van der Waals surface area contributed by atoms with Crippen LogP contribution in [0.3, 0.4) is 0 Å². The molecular formula is C9H9NO3S. The predicted octanol–water partition coefficient (Wildman–Crippen LogP) is 0.0518. The zero-order chi connectivity index (χ0) is 10.4. The van der Waals surface area contributed by atoms with Gasteiger partial charge in [-0.1, -0.05) is 30.3 Å². The summed E-state index contributed by atoms with van der Waals surface area (Å²) in [6.45, 7) is -0.251. The molecule has 14 heavy (non-hydrogen) atoms. The molecular weight excluding hydrogens is 202 g/mol. The summed E-state index contributed by atoms with van der Waals surface area (Å²) >= 11 is 0.257. The maximum absolute atomic E-state index is 10.7. The lowest BCUT2D eigenvalue weighted by Crippen LogP contribution is -2.29. The Balaban J connectivity index is 2.75. The van der Waals surface area contributed by atoms with Gasteiger partial charge in [0.05, 0.1) is 6.54 Å². The van der Waals surface area contributed by atoms with E-state index in [4.69, 9.17) is 5.11 Å². The monoisotopic (exact) mass is 211 g/mol. The van der Waals surface area contributed by atoms with Gasteiger partial charge in [-0.3, -0.25) is 10.1 Å². The first-order chi connectivity index (χ1) is 6.74. The van der Waals surface area contributed by atoms with Gasteiger partial charge in [0, 0.05) is 5.56 Å². The number of hydrogen-bond acceptors (Lipinski definition) is 2. The lowest BCUT2D eigenvalue weighted by atomic mass is 10.2. The molecule has 1 aromatic carbocycles. The van der Waals surface area contributed by atoms with Gasteiger partial charge in [-0.15, -0.1) is 0 Å². The van der Waals surface area contributed by atoms with Crippen molar-refractivity contribution in [3.63, 3.8) is 0 Å². The fourth-order valence-electron chi connectivity index (χ4n) is 0.925. The van der Waals surface area contributed by atoms with Crippen LogP contribution >= 0.6 is 0 Å². The zero-order valence-electron chi connectivity index (χ0n) is 7.27. The van der Waals surface area contributed by atoms with Crippen molar-refractivity contribution in [1.82, 2.24) is 5.32 Å². The van der Waals surface area contributed by atoms with E-state index in [-0.39, 0.29) is 17.8 Å². The fourth-order valence-corrected chi connectivity index (χ4v) is 1.29. The Kier molecular flexibility index (Phi) is 4.03. The molecule has 0 radical (unpaired) electrons. The van der Waals surface area contributed by atoms with Gasteiger partial charge in [0.25, 0.3) is 0 Å². The van der Waals surface area contributed by atoms with Crippen LogP contribution in [-0.4, -0.2) is 26.8 Å². The number of hydrogen-bond donors (Lipinski definition) is 2. The maximum Gasteiger partial charge on any atom is 0.317 e. The highest BCUT2D eigenvalue weighted by Gasteiger charge is 2.03. The Morgan fingerprint density at radius 3 is 2.50 bits per heavy atom. The molecule has 0 unspecified atom stereocenters. The molecule has 0 bridgehead atoms. The van der Waals surface area contributed by atoms with E-state index in [2.05, 4.69) is 5.32 Å². The van der Waals surface area contributed by atoms with E-state index in [0.717, 1.165) is 0 Å². The molecule has 0 saturated carbocycles. The lowest BCUT2D eigenvalue weighted by molar-refractivity contribution is -0.135. The molecule has 1 rings (SSSR count). The van der Waals surface area contributed by atoms with Crippen molar-refractivity contribution >= 4 is 22.2 Å². The van der Waals surface area contributed by atoms with Gasteiger partial charge in [-0.05, 0) is 0 Å². The minimum Gasteiger partial charge on any atom is -0.480 e. The zero-order valence-corrected chi connectivity index (χ0v) is 8.08. The Hall–Kier alpha value is -1.46. The molecule has 0 heterocycles. The maximum atomic E-state index is 10.7. The van der Waals surface area contributed by atoms with Gasteiger partial charge in [0.2, 0.25) is 0 Å². The lowest BCUT2D eigenvalue weighted by Gasteiger charge is -2.02. The fraction of sp³-hybridized carbons (Fsp3) is 0.111. The summed E-state index contributed by atoms with van der Waals surface area (Å²) in [4.78, 5) is 10.6. The van der Waals surface area contributed by atoms with E-state index >= 15 is 0 Å². The minimum atomic E-state index is -0.993. The average Bonchev–Trinajstić information content (AvgIpc) is 2.20. The van der Waals surface area contributed by atoms with Crippen molar-refractivity contribution in [2.75, 3.05) is 6.54 Å². The molecule has 0 fully saturated rings. The summed E-state index contributed by atoms with van der Waals surface area (Å²) in [5, 5.41) is 11.0. The minimum absolute atomic E-state index is 0.251. The van der Waals surface area contributed by atoms with E-state index in [9.17, 15) is 9.00 Å². The molecule has 0 aliphatic rings. The second-order valence-electron chi connectivity index (χ2n) is 2.53. The number of nitrogens with one attached hydrogen (secondary N) is 1. The third-order valence-corrected chi connectivity index (χ3v) is 2.07.